The van der Waals surface area contributed by atoms with Crippen LogP contribution in [0.25, 0.3) is 0 Å². The van der Waals surface area contributed by atoms with Gasteiger partial charge >= 0.3 is 0 Å². The number of benzene rings is 2. The average molecular weight is 336 g/mol. The summed E-state index contributed by atoms with van der Waals surface area (Å²) in [5.41, 5.74) is 1.68. The van der Waals surface area contributed by atoms with E-state index < -0.39 is 0 Å². The first-order valence-corrected chi connectivity index (χ1v) is 7.96. The van der Waals surface area contributed by atoms with E-state index in [1.54, 1.807) is 24.3 Å². The van der Waals surface area contributed by atoms with E-state index in [1.807, 2.05) is 31.2 Å². The third kappa shape index (κ3) is 5.40. The van der Waals surface area contributed by atoms with Gasteiger partial charge in [-0.25, -0.2) is 0 Å². The summed E-state index contributed by atoms with van der Waals surface area (Å²) in [6.45, 7) is 2.64. The van der Waals surface area contributed by atoms with Gasteiger partial charge in [0.05, 0.1) is 30.8 Å². The van der Waals surface area contributed by atoms with Crippen LogP contribution < -0.4 is 15.4 Å². The van der Waals surface area contributed by atoms with Crippen molar-refractivity contribution in [1.29, 1.82) is 0 Å². The molecule has 0 atom stereocenters. The van der Waals surface area contributed by atoms with Crippen LogP contribution in [0.4, 0.5) is 5.69 Å². The third-order valence-electron chi connectivity index (χ3n) is 3.40. The van der Waals surface area contributed by atoms with Gasteiger partial charge in [-0.3, -0.25) is 9.59 Å². The normalized spacial score (nSPS) is 9.76. The van der Waals surface area contributed by atoms with Gasteiger partial charge in [-0.1, -0.05) is 30.2 Å². The smallest absolute Gasteiger partial charge is 0.254 e. The lowest BCUT2D eigenvalue weighted by Crippen LogP contribution is -2.25. The molecule has 0 aliphatic carbocycles. The lowest BCUT2D eigenvalue weighted by atomic mass is 10.1. The van der Waals surface area contributed by atoms with Crippen molar-refractivity contribution in [1.82, 2.24) is 5.32 Å². The summed E-state index contributed by atoms with van der Waals surface area (Å²) in [5.74, 6) is 2.58. The fourth-order valence-corrected chi connectivity index (χ4v) is 2.27. The van der Waals surface area contributed by atoms with Crippen molar-refractivity contribution >= 4 is 17.5 Å². The number of carbonyl (C=O) groups excluding carboxylic acids is 2. The summed E-state index contributed by atoms with van der Waals surface area (Å²) < 4.78 is 5.38. The first-order chi connectivity index (χ1) is 12.1. The highest BCUT2D eigenvalue weighted by Crippen LogP contribution is 2.16. The molecule has 2 N–H and O–H groups in total. The Labute approximate surface area is 147 Å². The van der Waals surface area contributed by atoms with Crippen LogP contribution in [0.2, 0.25) is 0 Å². The fourth-order valence-electron chi connectivity index (χ4n) is 2.27. The number of hydrogen-bond acceptors (Lipinski definition) is 3. The molecule has 0 aliphatic rings. The minimum absolute atomic E-state index is 0.132. The van der Waals surface area contributed by atoms with Crippen LogP contribution in [-0.4, -0.2) is 25.0 Å². The summed E-state index contributed by atoms with van der Waals surface area (Å²) in [7, 11) is 0. The highest BCUT2D eigenvalue weighted by atomic mass is 16.5. The fraction of sp³-hybridized carbons (Fsp3) is 0.200. The molecule has 5 heteroatoms. The zero-order valence-corrected chi connectivity index (χ0v) is 14.0. The summed E-state index contributed by atoms with van der Waals surface area (Å²) in [4.78, 5) is 24.4. The largest absolute Gasteiger partial charge is 0.494 e. The van der Waals surface area contributed by atoms with Crippen molar-refractivity contribution in [2.45, 2.75) is 13.3 Å². The van der Waals surface area contributed by atoms with Crippen LogP contribution in [0, 0.1) is 12.3 Å². The molecule has 0 aliphatic heterocycles. The molecule has 25 heavy (non-hydrogen) atoms. The van der Waals surface area contributed by atoms with E-state index in [0.29, 0.717) is 17.9 Å². The molecule has 2 aromatic rings. The Morgan fingerprint density at radius 3 is 2.52 bits per heavy atom. The molecule has 0 unspecified atom stereocenters. The first-order valence-electron chi connectivity index (χ1n) is 7.96. The Morgan fingerprint density at radius 1 is 1.12 bits per heavy atom. The van der Waals surface area contributed by atoms with E-state index >= 15 is 0 Å². The van der Waals surface area contributed by atoms with E-state index in [-0.39, 0.29) is 24.8 Å². The number of carbonyl (C=O) groups is 2. The SMILES string of the molecule is C#CCNC(=O)c1ccccc1NC(=O)Cc1ccc(OCC)cc1. The summed E-state index contributed by atoms with van der Waals surface area (Å²) >= 11 is 0. The van der Waals surface area contributed by atoms with Crippen molar-refractivity contribution in [3.63, 3.8) is 0 Å². The van der Waals surface area contributed by atoms with Crippen LogP contribution in [-0.2, 0) is 11.2 Å². The molecule has 2 aromatic carbocycles. The predicted octanol–water partition coefficient (Wildman–Crippen LogP) is 2.63. The van der Waals surface area contributed by atoms with Crippen LogP contribution in [0.3, 0.4) is 0 Å². The Bertz CT molecular complexity index is 776. The molecule has 5 nitrogen and oxygen atoms in total. The third-order valence-corrected chi connectivity index (χ3v) is 3.40. The minimum Gasteiger partial charge on any atom is -0.494 e. The summed E-state index contributed by atoms with van der Waals surface area (Å²) in [6.07, 6.45) is 5.35. The molecule has 128 valence electrons. The number of anilines is 1. The van der Waals surface area contributed by atoms with Crippen LogP contribution >= 0.6 is 0 Å². The number of para-hydroxylation sites is 1. The van der Waals surface area contributed by atoms with Gasteiger partial charge in [0.15, 0.2) is 0 Å². The number of rotatable bonds is 7. The lowest BCUT2D eigenvalue weighted by Gasteiger charge is -2.11. The molecule has 0 heterocycles. The Balaban J connectivity index is 2.03. The molecular formula is C20H20N2O3. The van der Waals surface area contributed by atoms with Crippen molar-refractivity contribution in [3.8, 4) is 18.1 Å². The van der Waals surface area contributed by atoms with Crippen molar-refractivity contribution in [3.05, 3.63) is 59.7 Å². The van der Waals surface area contributed by atoms with Gasteiger partial charge in [-0.05, 0) is 36.8 Å². The van der Waals surface area contributed by atoms with Gasteiger partial charge in [-0.2, -0.15) is 0 Å². The zero-order valence-electron chi connectivity index (χ0n) is 14.0. The Morgan fingerprint density at radius 2 is 1.84 bits per heavy atom. The maximum absolute atomic E-state index is 12.3. The maximum Gasteiger partial charge on any atom is 0.254 e. The molecule has 0 fully saturated rings. The number of ether oxygens (including phenoxy) is 1. The predicted molar refractivity (Wildman–Crippen MR) is 97.6 cm³/mol. The first kappa shape index (κ1) is 18.1. The van der Waals surface area contributed by atoms with Gasteiger partial charge in [0.2, 0.25) is 5.91 Å². The second kappa shape index (κ2) is 9.14. The van der Waals surface area contributed by atoms with Gasteiger partial charge in [-0.15, -0.1) is 6.42 Å². The molecule has 0 saturated heterocycles. The van der Waals surface area contributed by atoms with Gasteiger partial charge < -0.3 is 15.4 Å². The Hall–Kier alpha value is -3.26. The number of amides is 2. The average Bonchev–Trinajstić information content (AvgIpc) is 2.62. The molecular weight excluding hydrogens is 316 g/mol. The zero-order chi connectivity index (χ0) is 18.1. The molecule has 2 rings (SSSR count). The molecule has 0 saturated carbocycles. The monoisotopic (exact) mass is 336 g/mol. The number of terminal acetylenes is 1. The summed E-state index contributed by atoms with van der Waals surface area (Å²) in [5, 5.41) is 5.36. The van der Waals surface area contributed by atoms with Crippen molar-refractivity contribution in [2.24, 2.45) is 0 Å². The van der Waals surface area contributed by atoms with Gasteiger partial charge in [0.1, 0.15) is 5.75 Å². The highest BCUT2D eigenvalue weighted by molar-refractivity contribution is 6.04. The minimum atomic E-state index is -0.324. The van der Waals surface area contributed by atoms with Crippen molar-refractivity contribution < 1.29 is 14.3 Å². The van der Waals surface area contributed by atoms with E-state index in [9.17, 15) is 9.59 Å². The van der Waals surface area contributed by atoms with E-state index in [4.69, 9.17) is 11.2 Å². The topological polar surface area (TPSA) is 67.4 Å². The molecule has 2 amide bonds. The lowest BCUT2D eigenvalue weighted by molar-refractivity contribution is -0.115. The molecule has 0 bridgehead atoms. The second-order valence-electron chi connectivity index (χ2n) is 5.23. The molecule has 0 spiro atoms. The van der Waals surface area contributed by atoms with Crippen LogP contribution in [0.5, 0.6) is 5.75 Å². The maximum atomic E-state index is 12.3. The Kier molecular flexibility index (Phi) is 6.61. The standard InChI is InChI=1S/C20H20N2O3/c1-3-13-21-20(24)17-7-5-6-8-18(17)22-19(23)14-15-9-11-16(12-10-15)25-4-2/h1,5-12H,4,13-14H2,2H3,(H,21,24)(H,22,23). The second-order valence-corrected chi connectivity index (χ2v) is 5.23. The van der Waals surface area contributed by atoms with E-state index in [1.165, 1.54) is 0 Å². The van der Waals surface area contributed by atoms with Gasteiger partial charge in [0.25, 0.3) is 5.91 Å². The quantitative estimate of drug-likeness (QED) is 0.764. The van der Waals surface area contributed by atoms with E-state index in [2.05, 4.69) is 16.6 Å². The molecule has 0 aromatic heterocycles. The number of nitrogens with one attached hydrogen (secondary N) is 2. The van der Waals surface area contributed by atoms with E-state index in [0.717, 1.165) is 11.3 Å². The van der Waals surface area contributed by atoms with Gasteiger partial charge in [0, 0.05) is 0 Å². The van der Waals surface area contributed by atoms with Crippen LogP contribution in [0.1, 0.15) is 22.8 Å². The van der Waals surface area contributed by atoms with Crippen LogP contribution in [0.15, 0.2) is 48.5 Å². The van der Waals surface area contributed by atoms with Crippen molar-refractivity contribution in [2.75, 3.05) is 18.5 Å². The summed E-state index contributed by atoms with van der Waals surface area (Å²) in [6, 6.07) is 14.1. The highest BCUT2D eigenvalue weighted by Gasteiger charge is 2.12. The molecule has 0 radical (unpaired) electrons. The number of hydrogen-bond donors (Lipinski definition) is 2.